The topological polar surface area (TPSA) is 97.4 Å². The van der Waals surface area contributed by atoms with Gasteiger partial charge >= 0.3 is 0 Å². The fourth-order valence-corrected chi connectivity index (χ4v) is 5.40. The summed E-state index contributed by atoms with van der Waals surface area (Å²) in [5.74, 6) is -0.132. The van der Waals surface area contributed by atoms with Crippen molar-refractivity contribution < 1.29 is 26.0 Å². The molecule has 0 fully saturated rings. The second kappa shape index (κ2) is 12.8. The van der Waals surface area contributed by atoms with Gasteiger partial charge in [-0.15, -0.1) is 0 Å². The summed E-state index contributed by atoms with van der Waals surface area (Å²) in [6, 6.07) is 17.0. The highest BCUT2D eigenvalue weighted by Gasteiger charge is 2.20. The van der Waals surface area contributed by atoms with E-state index < -0.39 is 25.9 Å². The number of hydrogen-bond donors (Lipinski definition) is 1. The summed E-state index contributed by atoms with van der Waals surface area (Å²) in [4.78, 5) is 8.34. The van der Waals surface area contributed by atoms with Gasteiger partial charge in [-0.1, -0.05) is 41.9 Å². The number of carbonyl (C=O) groups is 1. The third-order valence-electron chi connectivity index (χ3n) is 4.58. The van der Waals surface area contributed by atoms with Crippen molar-refractivity contribution in [3.8, 4) is 0 Å². The Hall–Kier alpha value is -2.59. The van der Waals surface area contributed by atoms with E-state index in [-0.39, 0.29) is 15.6 Å². The van der Waals surface area contributed by atoms with Crippen LogP contribution in [0.2, 0.25) is 5.02 Å². The number of rotatable bonds is 5. The Morgan fingerprint density at radius 1 is 0.882 bits per heavy atom. The first kappa shape index (κ1) is 29.4. The van der Waals surface area contributed by atoms with Crippen LogP contribution >= 0.6 is 11.6 Å². The van der Waals surface area contributed by atoms with Crippen LogP contribution in [0, 0.1) is 19.7 Å². The molecule has 0 radical (unpaired) electrons. The van der Waals surface area contributed by atoms with Gasteiger partial charge in [-0.05, 0) is 73.9 Å². The first-order valence-electron chi connectivity index (χ1n) is 9.90. The van der Waals surface area contributed by atoms with Crippen molar-refractivity contribution in [3.05, 3.63) is 94.3 Å². The molecule has 0 amide bonds. The van der Waals surface area contributed by atoms with Gasteiger partial charge in [0, 0.05) is 11.1 Å². The third kappa shape index (κ3) is 8.64. The number of sulfonamides is 1. The average molecular weight is 528 g/mol. The van der Waals surface area contributed by atoms with Crippen molar-refractivity contribution in [2.24, 2.45) is 0 Å². The van der Waals surface area contributed by atoms with Gasteiger partial charge in [-0.25, -0.2) is 25.9 Å². The van der Waals surface area contributed by atoms with Gasteiger partial charge in [0.2, 0.25) is 19.9 Å². The minimum absolute atomic E-state index is 0.132. The van der Waals surface area contributed by atoms with E-state index in [1.807, 2.05) is 12.9 Å². The predicted octanol–water partition coefficient (Wildman–Crippen LogP) is 5.04. The first-order chi connectivity index (χ1) is 15.8. The molecule has 184 valence electrons. The van der Waals surface area contributed by atoms with E-state index >= 15 is 0 Å². The molecule has 0 bridgehead atoms. The van der Waals surface area contributed by atoms with Gasteiger partial charge in [0.1, 0.15) is 12.6 Å². The lowest BCUT2D eigenvalue weighted by atomic mass is 10.1. The number of aryl methyl sites for hydroxylation is 2. The zero-order valence-electron chi connectivity index (χ0n) is 19.2. The molecule has 0 aromatic heterocycles. The van der Waals surface area contributed by atoms with Crippen molar-refractivity contribution in [2.75, 3.05) is 6.26 Å². The fourth-order valence-electron chi connectivity index (χ4n) is 2.92. The van der Waals surface area contributed by atoms with Crippen LogP contribution in [-0.4, -0.2) is 29.9 Å². The lowest BCUT2D eigenvalue weighted by Gasteiger charge is -2.14. The van der Waals surface area contributed by atoms with E-state index in [2.05, 4.69) is 4.72 Å². The van der Waals surface area contributed by atoms with E-state index in [1.54, 1.807) is 51.1 Å². The standard InChI is InChI=1S/C16H18ClNO4S2.C7H7F.CH2O/c1-11-10-14(17)6-9-16(11)24(21,22)15-7-4-13(5-8-15)12(2)18-23(3,19)20;1-6-4-2-3-5-7(6)8;1-2/h4-10,12,18H,1-3H3;2-5H,1H3;1H2/t12-;;/m0../s1. The van der Waals surface area contributed by atoms with Crippen LogP contribution in [0.1, 0.15) is 29.7 Å². The number of carbonyl (C=O) groups excluding carboxylic acids is 1. The molecule has 10 heteroatoms. The minimum atomic E-state index is -3.66. The van der Waals surface area contributed by atoms with Gasteiger partial charge in [-0.3, -0.25) is 0 Å². The summed E-state index contributed by atoms with van der Waals surface area (Å²) in [6.07, 6.45) is 1.08. The number of halogens is 2. The molecule has 0 unspecified atom stereocenters. The molecule has 6 nitrogen and oxygen atoms in total. The molecule has 1 atom stereocenters. The number of sulfone groups is 1. The molecule has 34 heavy (non-hydrogen) atoms. The van der Waals surface area contributed by atoms with Crippen molar-refractivity contribution in [2.45, 2.75) is 36.6 Å². The fraction of sp³-hybridized carbons (Fsp3) is 0.208. The minimum Gasteiger partial charge on any atom is -0.307 e. The summed E-state index contributed by atoms with van der Waals surface area (Å²) in [5.41, 5.74) is 1.94. The van der Waals surface area contributed by atoms with Gasteiger partial charge in [0.15, 0.2) is 0 Å². The Balaban J connectivity index is 0.000000483. The highest BCUT2D eigenvalue weighted by atomic mass is 35.5. The van der Waals surface area contributed by atoms with Crippen LogP contribution < -0.4 is 4.72 Å². The molecule has 0 aliphatic heterocycles. The molecular formula is C24H27ClFNO5S2. The molecule has 0 saturated heterocycles. The Bertz CT molecular complexity index is 1290. The lowest BCUT2D eigenvalue weighted by Crippen LogP contribution is -2.25. The van der Waals surface area contributed by atoms with Gasteiger partial charge in [-0.2, -0.15) is 0 Å². The first-order valence-corrected chi connectivity index (χ1v) is 13.6. The molecule has 0 aliphatic carbocycles. The molecule has 0 saturated carbocycles. The van der Waals surface area contributed by atoms with E-state index in [4.69, 9.17) is 16.4 Å². The van der Waals surface area contributed by atoms with Crippen LogP contribution in [0.5, 0.6) is 0 Å². The molecule has 1 N–H and O–H groups in total. The average Bonchev–Trinajstić information content (AvgIpc) is 2.76. The summed E-state index contributed by atoms with van der Waals surface area (Å²) < 4.78 is 62.8. The summed E-state index contributed by atoms with van der Waals surface area (Å²) in [5, 5.41) is 0.475. The molecule has 0 spiro atoms. The van der Waals surface area contributed by atoms with Crippen molar-refractivity contribution in [3.63, 3.8) is 0 Å². The number of nitrogens with one attached hydrogen (secondary N) is 1. The van der Waals surface area contributed by atoms with Gasteiger partial charge in [0.25, 0.3) is 0 Å². The second-order valence-corrected chi connectivity index (χ2v) is 11.5. The highest BCUT2D eigenvalue weighted by molar-refractivity contribution is 7.91. The van der Waals surface area contributed by atoms with E-state index in [0.29, 0.717) is 21.7 Å². The maximum absolute atomic E-state index is 12.7. The smallest absolute Gasteiger partial charge is 0.209 e. The predicted molar refractivity (Wildman–Crippen MR) is 133 cm³/mol. The molecular weight excluding hydrogens is 501 g/mol. The van der Waals surface area contributed by atoms with Crippen LogP contribution in [-0.2, 0) is 24.7 Å². The van der Waals surface area contributed by atoms with Crippen molar-refractivity contribution in [1.82, 2.24) is 4.72 Å². The summed E-state index contributed by atoms with van der Waals surface area (Å²) in [7, 11) is -7.00. The molecule has 3 aromatic carbocycles. The third-order valence-corrected chi connectivity index (χ3v) is 7.53. The van der Waals surface area contributed by atoms with Crippen LogP contribution in [0.4, 0.5) is 4.39 Å². The SMILES string of the molecule is C=O.Cc1cc(Cl)ccc1S(=O)(=O)c1ccc([C@H](C)NS(C)(=O)=O)cc1.Cc1ccccc1F. The van der Waals surface area contributed by atoms with Crippen molar-refractivity contribution >= 4 is 38.3 Å². The van der Waals surface area contributed by atoms with E-state index in [0.717, 1.165) is 6.26 Å². The van der Waals surface area contributed by atoms with Gasteiger partial charge < -0.3 is 4.79 Å². The Labute approximate surface area is 205 Å². The maximum atomic E-state index is 12.7. The number of benzene rings is 3. The Kier molecular flexibility index (Phi) is 11.0. The highest BCUT2D eigenvalue weighted by Crippen LogP contribution is 2.27. The monoisotopic (exact) mass is 527 g/mol. The van der Waals surface area contributed by atoms with Crippen LogP contribution in [0.25, 0.3) is 0 Å². The Morgan fingerprint density at radius 3 is 1.88 bits per heavy atom. The number of hydrogen-bond acceptors (Lipinski definition) is 5. The van der Waals surface area contributed by atoms with E-state index in [9.17, 15) is 21.2 Å². The zero-order chi connectivity index (χ0) is 26.1. The van der Waals surface area contributed by atoms with Crippen molar-refractivity contribution in [1.29, 1.82) is 0 Å². The second-order valence-electron chi connectivity index (χ2n) is 7.34. The van der Waals surface area contributed by atoms with Crippen LogP contribution in [0.15, 0.2) is 76.5 Å². The Morgan fingerprint density at radius 2 is 1.44 bits per heavy atom. The van der Waals surface area contributed by atoms with E-state index in [1.165, 1.54) is 30.3 Å². The van der Waals surface area contributed by atoms with Crippen LogP contribution in [0.3, 0.4) is 0 Å². The molecule has 3 rings (SSSR count). The molecule has 0 heterocycles. The maximum Gasteiger partial charge on any atom is 0.209 e. The quantitative estimate of drug-likeness (QED) is 0.501. The van der Waals surface area contributed by atoms with Gasteiger partial charge in [0.05, 0.1) is 16.0 Å². The lowest BCUT2D eigenvalue weighted by molar-refractivity contribution is -0.0980. The normalized spacial score (nSPS) is 11.9. The summed E-state index contributed by atoms with van der Waals surface area (Å²) >= 11 is 5.87. The zero-order valence-corrected chi connectivity index (χ0v) is 21.6. The summed E-state index contributed by atoms with van der Waals surface area (Å²) in [6.45, 7) is 7.12. The molecule has 3 aromatic rings. The molecule has 0 aliphatic rings. The largest absolute Gasteiger partial charge is 0.307 e.